The summed E-state index contributed by atoms with van der Waals surface area (Å²) in [5, 5.41) is 2.90. The molecule has 6 nitrogen and oxygen atoms in total. The third kappa shape index (κ3) is 3.74. The van der Waals surface area contributed by atoms with Crippen molar-refractivity contribution in [2.75, 3.05) is 24.6 Å². The predicted molar refractivity (Wildman–Crippen MR) is 101 cm³/mol. The standard InChI is InChI=1S/C21H22N2O4/c1-14-6-8-16(9-7-14)23-12-15(10-20(23)24)21(25)22-11-17-13-26-18-4-2-3-5-19(18)27-17/h2-9,15,17H,10-13H2,1H3,(H,22,25). The fourth-order valence-corrected chi connectivity index (χ4v) is 3.38. The van der Waals surface area contributed by atoms with Gasteiger partial charge in [-0.3, -0.25) is 9.59 Å². The number of nitrogens with zero attached hydrogens (tertiary/aromatic N) is 1. The van der Waals surface area contributed by atoms with Crippen molar-refractivity contribution in [3.05, 3.63) is 54.1 Å². The molecule has 2 aliphatic rings. The zero-order chi connectivity index (χ0) is 18.8. The van der Waals surface area contributed by atoms with Crippen LogP contribution in [0.1, 0.15) is 12.0 Å². The van der Waals surface area contributed by atoms with E-state index in [2.05, 4.69) is 5.32 Å². The quantitative estimate of drug-likeness (QED) is 0.902. The van der Waals surface area contributed by atoms with Crippen molar-refractivity contribution >= 4 is 17.5 Å². The van der Waals surface area contributed by atoms with Crippen LogP contribution in [0.2, 0.25) is 0 Å². The number of fused-ring (bicyclic) bond motifs is 1. The van der Waals surface area contributed by atoms with Gasteiger partial charge in [-0.1, -0.05) is 29.8 Å². The van der Waals surface area contributed by atoms with Crippen LogP contribution in [-0.4, -0.2) is 37.6 Å². The molecule has 6 heteroatoms. The average molecular weight is 366 g/mol. The van der Waals surface area contributed by atoms with E-state index < -0.39 is 0 Å². The van der Waals surface area contributed by atoms with Crippen molar-refractivity contribution in [3.63, 3.8) is 0 Å². The number of ether oxygens (including phenoxy) is 2. The van der Waals surface area contributed by atoms with Crippen molar-refractivity contribution in [1.82, 2.24) is 5.32 Å². The number of hydrogen-bond donors (Lipinski definition) is 1. The Bertz CT molecular complexity index is 850. The number of rotatable bonds is 4. The molecule has 27 heavy (non-hydrogen) atoms. The van der Waals surface area contributed by atoms with Gasteiger partial charge in [0.15, 0.2) is 11.5 Å². The Balaban J connectivity index is 1.32. The van der Waals surface area contributed by atoms with Gasteiger partial charge in [-0.15, -0.1) is 0 Å². The third-order valence-corrected chi connectivity index (χ3v) is 4.91. The summed E-state index contributed by atoms with van der Waals surface area (Å²) in [5.41, 5.74) is 1.97. The van der Waals surface area contributed by atoms with Gasteiger partial charge in [0.25, 0.3) is 0 Å². The maximum Gasteiger partial charge on any atom is 0.227 e. The van der Waals surface area contributed by atoms with Gasteiger partial charge in [-0.25, -0.2) is 0 Å². The second-order valence-corrected chi connectivity index (χ2v) is 6.98. The molecule has 0 radical (unpaired) electrons. The summed E-state index contributed by atoms with van der Waals surface area (Å²) in [6, 6.07) is 15.2. The lowest BCUT2D eigenvalue weighted by molar-refractivity contribution is -0.126. The Hall–Kier alpha value is -3.02. The normalized spacial score (nSPS) is 21.2. The Kier molecular flexibility index (Phi) is 4.71. The highest BCUT2D eigenvalue weighted by atomic mass is 16.6. The van der Waals surface area contributed by atoms with Crippen molar-refractivity contribution in [1.29, 1.82) is 0 Å². The first-order valence-electron chi connectivity index (χ1n) is 9.13. The van der Waals surface area contributed by atoms with Gasteiger partial charge in [0, 0.05) is 18.7 Å². The summed E-state index contributed by atoms with van der Waals surface area (Å²) >= 11 is 0. The van der Waals surface area contributed by atoms with Gasteiger partial charge in [-0.05, 0) is 31.2 Å². The van der Waals surface area contributed by atoms with E-state index in [4.69, 9.17) is 9.47 Å². The molecule has 0 bridgehead atoms. The van der Waals surface area contributed by atoms with Gasteiger partial charge >= 0.3 is 0 Å². The number of carbonyl (C=O) groups is 2. The summed E-state index contributed by atoms with van der Waals surface area (Å²) in [4.78, 5) is 26.5. The van der Waals surface area contributed by atoms with E-state index in [1.54, 1.807) is 4.90 Å². The van der Waals surface area contributed by atoms with Gasteiger partial charge in [0.2, 0.25) is 11.8 Å². The number of nitrogens with one attached hydrogen (secondary N) is 1. The Labute approximate surface area is 158 Å². The van der Waals surface area contributed by atoms with E-state index in [0.29, 0.717) is 25.4 Å². The molecule has 140 valence electrons. The van der Waals surface area contributed by atoms with Crippen LogP contribution in [0.4, 0.5) is 5.69 Å². The number of anilines is 1. The minimum atomic E-state index is -0.351. The molecule has 2 aromatic rings. The zero-order valence-electron chi connectivity index (χ0n) is 15.2. The highest BCUT2D eigenvalue weighted by Crippen LogP contribution is 2.31. The Morgan fingerprint density at radius 2 is 1.89 bits per heavy atom. The third-order valence-electron chi connectivity index (χ3n) is 4.91. The Morgan fingerprint density at radius 1 is 1.15 bits per heavy atom. The fraction of sp³-hybridized carbons (Fsp3) is 0.333. The predicted octanol–water partition coefficient (Wildman–Crippen LogP) is 2.30. The monoisotopic (exact) mass is 366 g/mol. The molecule has 0 saturated carbocycles. The van der Waals surface area contributed by atoms with Gasteiger partial charge < -0.3 is 19.7 Å². The molecule has 0 aromatic heterocycles. The molecule has 2 atom stereocenters. The molecule has 4 rings (SSSR count). The number of carbonyl (C=O) groups excluding carboxylic acids is 2. The highest BCUT2D eigenvalue weighted by molar-refractivity contribution is 6.00. The van der Waals surface area contributed by atoms with Crippen LogP contribution in [-0.2, 0) is 9.59 Å². The van der Waals surface area contributed by atoms with Crippen LogP contribution in [0.25, 0.3) is 0 Å². The highest BCUT2D eigenvalue weighted by Gasteiger charge is 2.35. The smallest absolute Gasteiger partial charge is 0.227 e. The first-order chi connectivity index (χ1) is 13.1. The number of benzene rings is 2. The van der Waals surface area contributed by atoms with Crippen LogP contribution >= 0.6 is 0 Å². The Morgan fingerprint density at radius 3 is 2.67 bits per heavy atom. The van der Waals surface area contributed by atoms with Gasteiger partial charge in [0.05, 0.1) is 12.5 Å². The lowest BCUT2D eigenvalue weighted by Crippen LogP contribution is -2.43. The number of hydrogen-bond acceptors (Lipinski definition) is 4. The van der Waals surface area contributed by atoms with Crippen LogP contribution in [0.3, 0.4) is 0 Å². The SMILES string of the molecule is Cc1ccc(N2CC(C(=O)NCC3COc4ccccc4O3)CC2=O)cc1. The summed E-state index contributed by atoms with van der Waals surface area (Å²) in [6.45, 7) is 3.14. The van der Waals surface area contributed by atoms with Crippen molar-refractivity contribution < 1.29 is 19.1 Å². The molecule has 2 aromatic carbocycles. The van der Waals surface area contributed by atoms with E-state index in [0.717, 1.165) is 17.0 Å². The largest absolute Gasteiger partial charge is 0.486 e. The second-order valence-electron chi connectivity index (χ2n) is 6.98. The topological polar surface area (TPSA) is 67.9 Å². The molecule has 2 unspecified atom stereocenters. The fourth-order valence-electron chi connectivity index (χ4n) is 3.38. The molecular formula is C21H22N2O4. The molecule has 1 fully saturated rings. The maximum absolute atomic E-state index is 12.5. The summed E-state index contributed by atoms with van der Waals surface area (Å²) < 4.78 is 11.5. The molecule has 1 saturated heterocycles. The molecule has 2 heterocycles. The minimum Gasteiger partial charge on any atom is -0.486 e. The minimum absolute atomic E-state index is 0.0230. The molecule has 0 aliphatic carbocycles. The molecular weight excluding hydrogens is 344 g/mol. The molecule has 1 N–H and O–H groups in total. The summed E-state index contributed by atoms with van der Waals surface area (Å²) in [6.07, 6.45) is -0.0148. The summed E-state index contributed by atoms with van der Waals surface area (Å²) in [5.74, 6) is 0.904. The number of para-hydroxylation sites is 2. The van der Waals surface area contributed by atoms with E-state index in [9.17, 15) is 9.59 Å². The van der Waals surface area contributed by atoms with E-state index in [1.165, 1.54) is 0 Å². The lowest BCUT2D eigenvalue weighted by Gasteiger charge is -2.26. The van der Waals surface area contributed by atoms with Crippen LogP contribution in [0.15, 0.2) is 48.5 Å². The van der Waals surface area contributed by atoms with Crippen molar-refractivity contribution in [3.8, 4) is 11.5 Å². The molecule has 2 aliphatic heterocycles. The second kappa shape index (κ2) is 7.31. The number of aryl methyl sites for hydroxylation is 1. The number of amides is 2. The van der Waals surface area contributed by atoms with Gasteiger partial charge in [0.1, 0.15) is 12.7 Å². The summed E-state index contributed by atoms with van der Waals surface area (Å²) in [7, 11) is 0. The van der Waals surface area contributed by atoms with E-state index >= 15 is 0 Å². The van der Waals surface area contributed by atoms with Crippen molar-refractivity contribution in [2.24, 2.45) is 5.92 Å². The van der Waals surface area contributed by atoms with Gasteiger partial charge in [-0.2, -0.15) is 0 Å². The first-order valence-corrected chi connectivity index (χ1v) is 9.13. The molecule has 2 amide bonds. The van der Waals surface area contributed by atoms with Crippen molar-refractivity contribution in [2.45, 2.75) is 19.4 Å². The first kappa shape index (κ1) is 17.4. The van der Waals surface area contributed by atoms with Crippen LogP contribution < -0.4 is 19.7 Å². The molecule has 0 spiro atoms. The van der Waals surface area contributed by atoms with Crippen LogP contribution in [0.5, 0.6) is 11.5 Å². The maximum atomic E-state index is 12.5. The lowest BCUT2D eigenvalue weighted by atomic mass is 10.1. The van der Waals surface area contributed by atoms with E-state index in [-0.39, 0.29) is 30.3 Å². The average Bonchev–Trinajstić information content (AvgIpc) is 3.08. The van der Waals surface area contributed by atoms with E-state index in [1.807, 2.05) is 55.5 Å². The zero-order valence-corrected chi connectivity index (χ0v) is 15.2. The van der Waals surface area contributed by atoms with Crippen LogP contribution in [0, 0.1) is 12.8 Å².